The average Bonchev–Trinajstić information content (AvgIpc) is 3.48. The number of nitrogens with one attached hydrogen (secondary N) is 1. The van der Waals surface area contributed by atoms with E-state index in [9.17, 15) is 4.79 Å². The van der Waals surface area contributed by atoms with E-state index in [1.807, 2.05) is 36.1 Å². The molecule has 1 amide bonds. The fourth-order valence-corrected chi connectivity index (χ4v) is 4.33. The summed E-state index contributed by atoms with van der Waals surface area (Å²) < 4.78 is 11.1. The summed E-state index contributed by atoms with van der Waals surface area (Å²) in [7, 11) is 1.63. The van der Waals surface area contributed by atoms with Crippen LogP contribution in [0.25, 0.3) is 0 Å². The SMILES string of the molecule is COc1ccccc1OCCc1cc([C@H]2CCN(C(=O)c3scnc3C)C2)n[nH]1. The van der Waals surface area contributed by atoms with Crippen LogP contribution in [0.4, 0.5) is 0 Å². The molecule has 29 heavy (non-hydrogen) atoms. The molecule has 1 fully saturated rings. The van der Waals surface area contributed by atoms with Gasteiger partial charge in [0.1, 0.15) is 4.88 Å². The molecule has 1 atom stereocenters. The van der Waals surface area contributed by atoms with E-state index < -0.39 is 0 Å². The van der Waals surface area contributed by atoms with Crippen LogP contribution in [0.5, 0.6) is 11.5 Å². The Labute approximate surface area is 173 Å². The molecule has 3 aromatic rings. The Kier molecular flexibility index (Phi) is 5.80. The highest BCUT2D eigenvalue weighted by Gasteiger charge is 2.30. The Morgan fingerprint density at radius 3 is 2.93 bits per heavy atom. The number of carbonyl (C=O) groups is 1. The second-order valence-electron chi connectivity index (χ2n) is 7.07. The van der Waals surface area contributed by atoms with Crippen LogP contribution in [0.2, 0.25) is 0 Å². The highest BCUT2D eigenvalue weighted by molar-refractivity contribution is 7.11. The standard InChI is InChI=1S/C21H24N4O3S/c1-14-20(29-13-22-14)21(26)25-9-7-15(12-25)17-11-16(23-24-17)8-10-28-19-6-4-3-5-18(19)27-2/h3-6,11,13,15H,7-10,12H2,1-2H3,(H,23,24)/t15-/m0/s1. The number of H-pyrrole nitrogens is 1. The first kappa shape index (κ1) is 19.4. The van der Waals surface area contributed by atoms with Gasteiger partial charge in [-0.2, -0.15) is 5.10 Å². The van der Waals surface area contributed by atoms with Gasteiger partial charge in [0.25, 0.3) is 5.91 Å². The number of nitrogens with zero attached hydrogens (tertiary/aromatic N) is 3. The van der Waals surface area contributed by atoms with Crippen LogP contribution in [-0.4, -0.2) is 52.8 Å². The predicted molar refractivity (Wildman–Crippen MR) is 111 cm³/mol. The first-order chi connectivity index (χ1) is 14.2. The maximum atomic E-state index is 12.7. The number of carbonyl (C=O) groups excluding carboxylic acids is 1. The molecular weight excluding hydrogens is 388 g/mol. The highest BCUT2D eigenvalue weighted by Crippen LogP contribution is 2.29. The van der Waals surface area contributed by atoms with Crippen molar-refractivity contribution in [3.05, 3.63) is 57.8 Å². The molecule has 2 aromatic heterocycles. The summed E-state index contributed by atoms with van der Waals surface area (Å²) in [6, 6.07) is 9.70. The summed E-state index contributed by atoms with van der Waals surface area (Å²) in [6.07, 6.45) is 1.64. The Hall–Kier alpha value is -2.87. The number of aromatic nitrogens is 3. The monoisotopic (exact) mass is 412 g/mol. The maximum Gasteiger partial charge on any atom is 0.265 e. The summed E-state index contributed by atoms with van der Waals surface area (Å²) in [6.45, 7) is 3.85. The number of hydrogen-bond acceptors (Lipinski definition) is 6. The number of likely N-dealkylation sites (tertiary alicyclic amines) is 1. The summed E-state index contributed by atoms with van der Waals surface area (Å²) in [5.74, 6) is 1.79. The van der Waals surface area contributed by atoms with E-state index in [1.165, 1.54) is 11.3 Å². The van der Waals surface area contributed by atoms with Crippen molar-refractivity contribution in [1.82, 2.24) is 20.1 Å². The lowest BCUT2D eigenvalue weighted by atomic mass is 10.0. The highest BCUT2D eigenvalue weighted by atomic mass is 32.1. The molecule has 1 N–H and O–H groups in total. The van der Waals surface area contributed by atoms with Crippen molar-refractivity contribution >= 4 is 17.2 Å². The third-order valence-electron chi connectivity index (χ3n) is 5.18. The number of ether oxygens (including phenoxy) is 2. The number of para-hydroxylation sites is 2. The smallest absolute Gasteiger partial charge is 0.265 e. The first-order valence-electron chi connectivity index (χ1n) is 9.65. The zero-order valence-electron chi connectivity index (χ0n) is 16.6. The molecule has 7 nitrogen and oxygen atoms in total. The molecule has 0 spiro atoms. The van der Waals surface area contributed by atoms with Crippen molar-refractivity contribution in [2.45, 2.75) is 25.7 Å². The molecule has 0 radical (unpaired) electrons. The molecule has 1 aliphatic heterocycles. The van der Waals surface area contributed by atoms with Crippen molar-refractivity contribution < 1.29 is 14.3 Å². The number of amides is 1. The van der Waals surface area contributed by atoms with Crippen LogP contribution in [-0.2, 0) is 6.42 Å². The van der Waals surface area contributed by atoms with Gasteiger partial charge in [-0.1, -0.05) is 12.1 Å². The molecule has 8 heteroatoms. The molecule has 0 bridgehead atoms. The molecule has 4 rings (SSSR count). The average molecular weight is 413 g/mol. The second kappa shape index (κ2) is 8.65. The molecule has 3 heterocycles. The third-order valence-corrected chi connectivity index (χ3v) is 6.10. The second-order valence-corrected chi connectivity index (χ2v) is 7.93. The summed E-state index contributed by atoms with van der Waals surface area (Å²) in [4.78, 5) is 19.5. The minimum Gasteiger partial charge on any atom is -0.493 e. The minimum atomic E-state index is 0.0773. The lowest BCUT2D eigenvalue weighted by Gasteiger charge is -2.15. The number of methoxy groups -OCH3 is 1. The predicted octanol–water partition coefficient (Wildman–Crippen LogP) is 3.43. The minimum absolute atomic E-state index is 0.0773. The van der Waals surface area contributed by atoms with Crippen molar-refractivity contribution in [1.29, 1.82) is 0 Å². The molecule has 0 aliphatic carbocycles. The lowest BCUT2D eigenvalue weighted by Crippen LogP contribution is -2.28. The largest absolute Gasteiger partial charge is 0.493 e. The molecule has 1 aromatic carbocycles. The van der Waals surface area contributed by atoms with Gasteiger partial charge in [0, 0.05) is 31.1 Å². The summed E-state index contributed by atoms with van der Waals surface area (Å²) in [5, 5.41) is 7.58. The van der Waals surface area contributed by atoms with Crippen LogP contribution in [0.1, 0.15) is 39.1 Å². The lowest BCUT2D eigenvalue weighted by molar-refractivity contribution is 0.0794. The molecule has 1 saturated heterocycles. The summed E-state index contributed by atoms with van der Waals surface area (Å²) in [5.41, 5.74) is 4.57. The summed E-state index contributed by atoms with van der Waals surface area (Å²) >= 11 is 1.41. The molecule has 0 unspecified atom stereocenters. The van der Waals surface area contributed by atoms with Crippen LogP contribution in [0.3, 0.4) is 0 Å². The van der Waals surface area contributed by atoms with Crippen LogP contribution in [0.15, 0.2) is 35.8 Å². The van der Waals surface area contributed by atoms with Crippen molar-refractivity contribution in [2.24, 2.45) is 0 Å². The number of rotatable bonds is 7. The Morgan fingerprint density at radius 1 is 1.34 bits per heavy atom. The van der Waals surface area contributed by atoms with Gasteiger partial charge in [-0.15, -0.1) is 11.3 Å². The van der Waals surface area contributed by atoms with E-state index in [0.29, 0.717) is 13.2 Å². The van der Waals surface area contributed by atoms with Crippen molar-refractivity contribution in [3.8, 4) is 11.5 Å². The Morgan fingerprint density at radius 2 is 2.17 bits per heavy atom. The van der Waals surface area contributed by atoms with Gasteiger partial charge in [0.15, 0.2) is 11.5 Å². The number of aryl methyl sites for hydroxylation is 1. The van der Waals surface area contributed by atoms with Gasteiger partial charge in [-0.3, -0.25) is 9.89 Å². The van der Waals surface area contributed by atoms with Crippen LogP contribution in [0, 0.1) is 6.92 Å². The van der Waals surface area contributed by atoms with Crippen molar-refractivity contribution in [3.63, 3.8) is 0 Å². The van der Waals surface area contributed by atoms with E-state index in [2.05, 4.69) is 21.2 Å². The topological polar surface area (TPSA) is 80.3 Å². The maximum absolute atomic E-state index is 12.7. The fraction of sp³-hybridized carbons (Fsp3) is 0.381. The number of aromatic amines is 1. The van der Waals surface area contributed by atoms with Gasteiger partial charge in [-0.05, 0) is 31.5 Å². The number of thiazole rings is 1. The van der Waals surface area contributed by atoms with E-state index in [4.69, 9.17) is 9.47 Å². The van der Waals surface area contributed by atoms with Gasteiger partial charge in [0.2, 0.25) is 0 Å². The molecule has 1 aliphatic rings. The Bertz CT molecular complexity index is 984. The molecular formula is C21H24N4O3S. The first-order valence-corrected chi connectivity index (χ1v) is 10.5. The fourth-order valence-electron chi connectivity index (χ4n) is 3.56. The van der Waals surface area contributed by atoms with E-state index in [1.54, 1.807) is 12.6 Å². The third kappa shape index (κ3) is 4.27. The molecule has 0 saturated carbocycles. The van der Waals surface area contributed by atoms with Crippen LogP contribution >= 0.6 is 11.3 Å². The van der Waals surface area contributed by atoms with Gasteiger partial charge >= 0.3 is 0 Å². The number of hydrogen-bond donors (Lipinski definition) is 1. The van der Waals surface area contributed by atoms with Gasteiger partial charge in [-0.25, -0.2) is 4.98 Å². The van der Waals surface area contributed by atoms with Crippen LogP contribution < -0.4 is 9.47 Å². The van der Waals surface area contributed by atoms with E-state index in [0.717, 1.165) is 52.8 Å². The quantitative estimate of drug-likeness (QED) is 0.643. The van der Waals surface area contributed by atoms with Crippen molar-refractivity contribution in [2.75, 3.05) is 26.8 Å². The zero-order chi connectivity index (χ0) is 20.2. The van der Waals surface area contributed by atoms with E-state index >= 15 is 0 Å². The Balaban J connectivity index is 1.31. The number of benzene rings is 1. The normalized spacial score (nSPS) is 16.2. The van der Waals surface area contributed by atoms with Gasteiger partial charge in [0.05, 0.1) is 30.6 Å². The zero-order valence-corrected chi connectivity index (χ0v) is 17.4. The molecule has 152 valence electrons. The van der Waals surface area contributed by atoms with Gasteiger partial charge < -0.3 is 14.4 Å². The van der Waals surface area contributed by atoms with E-state index in [-0.39, 0.29) is 11.8 Å².